The standard InChI is InChI=1S/C13H17N3O/c1-3-7-15-13(17)11-16(4-2)10-12-5-8-14-9-6-12/h1,5-6,8-9H,4,7,10-11H2,2H3,(H,15,17). The fourth-order valence-corrected chi connectivity index (χ4v) is 1.43. The molecule has 1 aromatic rings. The Kier molecular flexibility index (Phi) is 5.76. The summed E-state index contributed by atoms with van der Waals surface area (Å²) in [4.78, 5) is 17.5. The summed E-state index contributed by atoms with van der Waals surface area (Å²) in [5, 5.41) is 2.65. The average molecular weight is 231 g/mol. The van der Waals surface area contributed by atoms with Crippen molar-refractivity contribution < 1.29 is 4.79 Å². The number of terminal acetylenes is 1. The molecule has 0 radical (unpaired) electrons. The van der Waals surface area contributed by atoms with Gasteiger partial charge >= 0.3 is 0 Å². The van der Waals surface area contributed by atoms with Crippen LogP contribution in [0.15, 0.2) is 24.5 Å². The first-order valence-corrected chi connectivity index (χ1v) is 5.57. The molecule has 1 N–H and O–H groups in total. The van der Waals surface area contributed by atoms with Crippen molar-refractivity contribution in [1.29, 1.82) is 0 Å². The molecular formula is C13H17N3O. The summed E-state index contributed by atoms with van der Waals surface area (Å²) >= 11 is 0. The Morgan fingerprint density at radius 1 is 1.53 bits per heavy atom. The molecular weight excluding hydrogens is 214 g/mol. The van der Waals surface area contributed by atoms with E-state index in [1.807, 2.05) is 24.0 Å². The van der Waals surface area contributed by atoms with E-state index < -0.39 is 0 Å². The normalized spacial score (nSPS) is 9.94. The number of carbonyl (C=O) groups is 1. The Bertz CT molecular complexity index is 383. The van der Waals surface area contributed by atoms with Crippen molar-refractivity contribution in [2.45, 2.75) is 13.5 Å². The molecule has 17 heavy (non-hydrogen) atoms. The maximum atomic E-state index is 11.5. The number of aromatic nitrogens is 1. The Morgan fingerprint density at radius 3 is 2.82 bits per heavy atom. The summed E-state index contributed by atoms with van der Waals surface area (Å²) in [5.41, 5.74) is 1.14. The maximum Gasteiger partial charge on any atom is 0.234 e. The molecule has 0 aromatic carbocycles. The molecule has 0 bridgehead atoms. The first-order valence-electron chi connectivity index (χ1n) is 5.57. The molecule has 1 aromatic heterocycles. The molecule has 0 aliphatic carbocycles. The van der Waals surface area contributed by atoms with E-state index in [9.17, 15) is 4.79 Å². The molecule has 1 amide bonds. The van der Waals surface area contributed by atoms with Gasteiger partial charge in [0.05, 0.1) is 13.1 Å². The third-order valence-corrected chi connectivity index (χ3v) is 2.36. The zero-order chi connectivity index (χ0) is 12.5. The van der Waals surface area contributed by atoms with Crippen LogP contribution in [0.5, 0.6) is 0 Å². The molecule has 1 rings (SSSR count). The number of likely N-dealkylation sites (N-methyl/N-ethyl adjacent to an activating group) is 1. The lowest BCUT2D eigenvalue weighted by Gasteiger charge is -2.19. The SMILES string of the molecule is C#CCNC(=O)CN(CC)Cc1ccncc1. The summed E-state index contributed by atoms with van der Waals surface area (Å²) < 4.78 is 0. The average Bonchev–Trinajstić information content (AvgIpc) is 2.36. The largest absolute Gasteiger partial charge is 0.344 e. The van der Waals surface area contributed by atoms with E-state index in [0.717, 1.165) is 18.7 Å². The molecule has 4 heteroatoms. The highest BCUT2D eigenvalue weighted by molar-refractivity contribution is 5.78. The first kappa shape index (κ1) is 13.2. The topological polar surface area (TPSA) is 45.2 Å². The van der Waals surface area contributed by atoms with Crippen molar-refractivity contribution in [3.63, 3.8) is 0 Å². The lowest BCUT2D eigenvalue weighted by molar-refractivity contribution is -0.122. The number of carbonyl (C=O) groups excluding carboxylic acids is 1. The van der Waals surface area contributed by atoms with Gasteiger partial charge in [0.1, 0.15) is 0 Å². The van der Waals surface area contributed by atoms with Crippen LogP contribution in [-0.2, 0) is 11.3 Å². The lowest BCUT2D eigenvalue weighted by Crippen LogP contribution is -2.36. The molecule has 0 atom stereocenters. The van der Waals surface area contributed by atoms with Crippen molar-refractivity contribution in [2.75, 3.05) is 19.6 Å². The highest BCUT2D eigenvalue weighted by atomic mass is 16.2. The maximum absolute atomic E-state index is 11.5. The zero-order valence-corrected chi connectivity index (χ0v) is 10.0. The summed E-state index contributed by atoms with van der Waals surface area (Å²) in [6.45, 7) is 4.22. The molecule has 90 valence electrons. The lowest BCUT2D eigenvalue weighted by atomic mass is 10.2. The highest BCUT2D eigenvalue weighted by Crippen LogP contribution is 2.02. The van der Waals surface area contributed by atoms with Gasteiger partial charge in [-0.3, -0.25) is 14.7 Å². The van der Waals surface area contributed by atoms with Crippen molar-refractivity contribution in [2.24, 2.45) is 0 Å². The molecule has 0 saturated carbocycles. The van der Waals surface area contributed by atoms with Gasteiger partial charge in [-0.2, -0.15) is 0 Å². The van der Waals surface area contributed by atoms with Crippen LogP contribution < -0.4 is 5.32 Å². The Hall–Kier alpha value is -1.86. The van der Waals surface area contributed by atoms with Crippen LogP contribution in [0, 0.1) is 12.3 Å². The van der Waals surface area contributed by atoms with Crippen LogP contribution in [0.3, 0.4) is 0 Å². The van der Waals surface area contributed by atoms with Crippen molar-refractivity contribution in [3.8, 4) is 12.3 Å². The Balaban J connectivity index is 2.44. The van der Waals surface area contributed by atoms with Gasteiger partial charge in [0.25, 0.3) is 0 Å². The molecule has 1 heterocycles. The van der Waals surface area contributed by atoms with Crippen LogP contribution in [0.25, 0.3) is 0 Å². The third-order valence-electron chi connectivity index (χ3n) is 2.36. The minimum Gasteiger partial charge on any atom is -0.344 e. The summed E-state index contributed by atoms with van der Waals surface area (Å²) in [7, 11) is 0. The molecule has 0 aliphatic rings. The van der Waals surface area contributed by atoms with Crippen molar-refractivity contribution >= 4 is 5.91 Å². The molecule has 0 aliphatic heterocycles. The minimum atomic E-state index is -0.0427. The van der Waals surface area contributed by atoms with Gasteiger partial charge in [-0.1, -0.05) is 12.8 Å². The monoisotopic (exact) mass is 231 g/mol. The van der Waals surface area contributed by atoms with E-state index in [2.05, 4.69) is 16.2 Å². The number of hydrogen-bond donors (Lipinski definition) is 1. The van der Waals surface area contributed by atoms with Crippen LogP contribution in [0.4, 0.5) is 0 Å². The number of nitrogens with zero attached hydrogens (tertiary/aromatic N) is 2. The van der Waals surface area contributed by atoms with Crippen LogP contribution in [-0.4, -0.2) is 35.4 Å². The number of rotatable bonds is 6. The molecule has 0 saturated heterocycles. The molecule has 0 fully saturated rings. The fraction of sp³-hybridized carbons (Fsp3) is 0.385. The van der Waals surface area contributed by atoms with E-state index >= 15 is 0 Å². The predicted octanol–water partition coefficient (Wildman–Crippen LogP) is 0.653. The van der Waals surface area contributed by atoms with Crippen molar-refractivity contribution in [3.05, 3.63) is 30.1 Å². The molecule has 4 nitrogen and oxygen atoms in total. The van der Waals surface area contributed by atoms with Crippen LogP contribution in [0.1, 0.15) is 12.5 Å². The van der Waals surface area contributed by atoms with Gasteiger partial charge in [0.15, 0.2) is 0 Å². The van der Waals surface area contributed by atoms with E-state index in [4.69, 9.17) is 6.42 Å². The summed E-state index contributed by atoms with van der Waals surface area (Å²) in [6, 6.07) is 3.89. The number of hydrogen-bond acceptors (Lipinski definition) is 3. The summed E-state index contributed by atoms with van der Waals surface area (Å²) in [5.74, 6) is 2.34. The van der Waals surface area contributed by atoms with Crippen LogP contribution >= 0.6 is 0 Å². The molecule has 0 spiro atoms. The highest BCUT2D eigenvalue weighted by Gasteiger charge is 2.08. The second-order valence-corrected chi connectivity index (χ2v) is 3.64. The third kappa shape index (κ3) is 5.14. The Morgan fingerprint density at radius 2 is 2.24 bits per heavy atom. The van der Waals surface area contributed by atoms with Crippen LogP contribution in [0.2, 0.25) is 0 Å². The van der Waals surface area contributed by atoms with Gasteiger partial charge in [-0.25, -0.2) is 0 Å². The number of amides is 1. The van der Waals surface area contributed by atoms with Gasteiger partial charge < -0.3 is 5.32 Å². The number of pyridine rings is 1. The van der Waals surface area contributed by atoms with Gasteiger partial charge in [0, 0.05) is 18.9 Å². The van der Waals surface area contributed by atoms with Gasteiger partial charge in [-0.15, -0.1) is 6.42 Å². The number of nitrogens with one attached hydrogen (secondary N) is 1. The Labute approximate surface area is 102 Å². The zero-order valence-electron chi connectivity index (χ0n) is 10.0. The van der Waals surface area contributed by atoms with Gasteiger partial charge in [0.2, 0.25) is 5.91 Å². The first-order chi connectivity index (χ1) is 8.26. The minimum absolute atomic E-state index is 0.0427. The quantitative estimate of drug-likeness (QED) is 0.731. The van der Waals surface area contributed by atoms with Gasteiger partial charge in [-0.05, 0) is 24.2 Å². The second kappa shape index (κ2) is 7.42. The molecule has 0 unspecified atom stereocenters. The van der Waals surface area contributed by atoms with E-state index in [1.165, 1.54) is 0 Å². The van der Waals surface area contributed by atoms with Crippen molar-refractivity contribution in [1.82, 2.24) is 15.2 Å². The van der Waals surface area contributed by atoms with E-state index in [0.29, 0.717) is 6.54 Å². The van der Waals surface area contributed by atoms with E-state index in [-0.39, 0.29) is 12.5 Å². The fourth-order valence-electron chi connectivity index (χ4n) is 1.43. The smallest absolute Gasteiger partial charge is 0.234 e. The van der Waals surface area contributed by atoms with E-state index in [1.54, 1.807) is 12.4 Å². The predicted molar refractivity (Wildman–Crippen MR) is 67.0 cm³/mol. The summed E-state index contributed by atoms with van der Waals surface area (Å²) in [6.07, 6.45) is 8.58. The second-order valence-electron chi connectivity index (χ2n) is 3.64.